The quantitative estimate of drug-likeness (QED) is 0.160. The number of hydrogen-bond donors (Lipinski definition) is 2. The minimum absolute atomic E-state index is 0.00349. The van der Waals surface area contributed by atoms with E-state index < -0.39 is 22.5 Å². The molecule has 0 aliphatic carbocycles. The third-order valence-electron chi connectivity index (χ3n) is 6.07. The van der Waals surface area contributed by atoms with E-state index in [2.05, 4.69) is 15.8 Å². The highest BCUT2D eigenvalue weighted by molar-refractivity contribution is 7.92. The molecule has 0 spiro atoms. The number of carbonyl (C=O) groups is 2. The summed E-state index contributed by atoms with van der Waals surface area (Å²) in [4.78, 5) is 25.0. The van der Waals surface area contributed by atoms with Gasteiger partial charge in [0.05, 0.1) is 36.0 Å². The Hall–Kier alpha value is -5.07. The van der Waals surface area contributed by atoms with Crippen LogP contribution in [0.5, 0.6) is 17.2 Å². The van der Waals surface area contributed by atoms with Gasteiger partial charge in [-0.3, -0.25) is 13.9 Å². The van der Waals surface area contributed by atoms with E-state index in [0.717, 1.165) is 4.31 Å². The molecule has 2 N–H and O–H groups in total. The normalized spacial score (nSPS) is 11.1. The predicted molar refractivity (Wildman–Crippen MR) is 168 cm³/mol. The summed E-state index contributed by atoms with van der Waals surface area (Å²) in [5.41, 5.74) is 3.76. The first kappa shape index (κ1) is 31.9. The predicted octanol–water partition coefficient (Wildman–Crippen LogP) is 4.72. The minimum atomic E-state index is -4.13. The lowest BCUT2D eigenvalue weighted by molar-refractivity contribution is -0.119. The van der Waals surface area contributed by atoms with E-state index in [0.29, 0.717) is 28.5 Å². The lowest BCUT2D eigenvalue weighted by Gasteiger charge is -2.24. The number of halogens is 1. The average molecular weight is 637 g/mol. The molecule has 44 heavy (non-hydrogen) atoms. The molecule has 0 radical (unpaired) electrons. The van der Waals surface area contributed by atoms with Crippen molar-refractivity contribution in [1.82, 2.24) is 5.43 Å². The van der Waals surface area contributed by atoms with Gasteiger partial charge >= 0.3 is 0 Å². The van der Waals surface area contributed by atoms with E-state index in [1.165, 1.54) is 43.7 Å². The Morgan fingerprint density at radius 3 is 2.18 bits per heavy atom. The maximum atomic E-state index is 13.5. The number of hydrogen-bond acceptors (Lipinski definition) is 8. The highest BCUT2D eigenvalue weighted by Gasteiger charge is 2.27. The van der Waals surface area contributed by atoms with E-state index in [9.17, 15) is 18.0 Å². The summed E-state index contributed by atoms with van der Waals surface area (Å²) in [6.45, 7) is -0.764. The smallest absolute Gasteiger partial charge is 0.264 e. The highest BCUT2D eigenvalue weighted by Crippen LogP contribution is 2.31. The Bertz CT molecular complexity index is 1720. The molecule has 0 saturated carbocycles. The first-order valence-electron chi connectivity index (χ1n) is 13.1. The molecule has 2 amide bonds. The number of amides is 2. The second kappa shape index (κ2) is 14.9. The summed E-state index contributed by atoms with van der Waals surface area (Å²) in [7, 11) is -1.13. The molecule has 0 fully saturated rings. The molecule has 0 unspecified atom stereocenters. The summed E-state index contributed by atoms with van der Waals surface area (Å²) < 4.78 is 43.7. The fraction of sp³-hybridized carbons (Fsp3) is 0.129. The van der Waals surface area contributed by atoms with Gasteiger partial charge in [0.15, 0.2) is 6.61 Å². The molecular weight excluding hydrogens is 608 g/mol. The van der Waals surface area contributed by atoms with Crippen LogP contribution in [0.15, 0.2) is 107 Å². The number of rotatable bonds is 13. The number of methoxy groups -OCH3 is 2. The van der Waals surface area contributed by atoms with Gasteiger partial charge in [0.1, 0.15) is 23.8 Å². The summed E-state index contributed by atoms with van der Waals surface area (Å²) in [5, 5.41) is 6.86. The zero-order valence-electron chi connectivity index (χ0n) is 23.8. The maximum absolute atomic E-state index is 13.5. The average Bonchev–Trinajstić information content (AvgIpc) is 3.04. The van der Waals surface area contributed by atoms with Crippen LogP contribution in [-0.2, 0) is 19.6 Å². The lowest BCUT2D eigenvalue weighted by atomic mass is 10.2. The molecule has 0 aliphatic rings. The zero-order valence-corrected chi connectivity index (χ0v) is 25.3. The van der Waals surface area contributed by atoms with Crippen molar-refractivity contribution in [3.05, 3.63) is 108 Å². The van der Waals surface area contributed by atoms with Crippen LogP contribution in [-0.4, -0.2) is 53.8 Å². The molecule has 0 aromatic heterocycles. The number of nitrogens with zero attached hydrogens (tertiary/aromatic N) is 2. The van der Waals surface area contributed by atoms with Gasteiger partial charge in [-0.1, -0.05) is 29.8 Å². The number of anilines is 2. The van der Waals surface area contributed by atoms with E-state index in [1.54, 1.807) is 73.8 Å². The molecule has 0 atom stereocenters. The number of nitrogens with one attached hydrogen (secondary N) is 2. The molecule has 228 valence electrons. The number of ether oxygens (including phenoxy) is 3. The Morgan fingerprint density at radius 2 is 1.55 bits per heavy atom. The SMILES string of the molecule is COc1ccc(NC(=O)COc2ccc(/C=N\NC(=O)CN(c3ccc(OC)c(Cl)c3)S(=O)(=O)c3ccccc3)cc2)cc1. The minimum Gasteiger partial charge on any atom is -0.497 e. The van der Waals surface area contributed by atoms with Crippen molar-refractivity contribution in [1.29, 1.82) is 0 Å². The summed E-state index contributed by atoms with van der Waals surface area (Å²) in [5.74, 6) is 0.476. The van der Waals surface area contributed by atoms with Crippen molar-refractivity contribution < 1.29 is 32.2 Å². The van der Waals surface area contributed by atoms with Crippen molar-refractivity contribution in [2.45, 2.75) is 4.90 Å². The Balaban J connectivity index is 1.35. The number of benzene rings is 4. The third kappa shape index (κ3) is 8.49. The van der Waals surface area contributed by atoms with E-state index >= 15 is 0 Å². The molecule has 0 aliphatic heterocycles. The van der Waals surface area contributed by atoms with Crippen LogP contribution in [0.3, 0.4) is 0 Å². The molecule has 4 aromatic rings. The van der Waals surface area contributed by atoms with Crippen molar-refractivity contribution >= 4 is 51.0 Å². The van der Waals surface area contributed by atoms with E-state index in [-0.39, 0.29) is 28.1 Å². The Morgan fingerprint density at radius 1 is 0.864 bits per heavy atom. The molecule has 0 heterocycles. The standard InChI is InChI=1S/C31H29ClN4O7S/c1-41-25-15-10-23(11-16-25)34-31(38)21-43-26-13-8-22(9-14-26)19-33-35-30(37)20-36(24-12-17-29(42-2)28(32)18-24)44(39,40)27-6-4-3-5-7-27/h3-19H,20-21H2,1-2H3,(H,34,38)(H,35,37)/b33-19-. The number of hydrazone groups is 1. The van der Waals surface area contributed by atoms with Crippen molar-refractivity contribution in [2.24, 2.45) is 5.10 Å². The fourth-order valence-corrected chi connectivity index (χ4v) is 5.55. The van der Waals surface area contributed by atoms with Gasteiger partial charge in [-0.2, -0.15) is 5.10 Å². The molecule has 13 heteroatoms. The largest absolute Gasteiger partial charge is 0.497 e. The van der Waals surface area contributed by atoms with Crippen molar-refractivity contribution in [2.75, 3.05) is 37.0 Å². The van der Waals surface area contributed by atoms with Crippen molar-refractivity contribution in [3.63, 3.8) is 0 Å². The monoisotopic (exact) mass is 636 g/mol. The van der Waals surface area contributed by atoms with Crippen LogP contribution in [0.4, 0.5) is 11.4 Å². The van der Waals surface area contributed by atoms with Crippen LogP contribution in [0.2, 0.25) is 5.02 Å². The third-order valence-corrected chi connectivity index (χ3v) is 8.15. The van der Waals surface area contributed by atoms with Gasteiger partial charge < -0.3 is 19.5 Å². The van der Waals surface area contributed by atoms with Gasteiger partial charge in [0, 0.05) is 5.69 Å². The first-order chi connectivity index (χ1) is 21.2. The summed E-state index contributed by atoms with van der Waals surface area (Å²) in [6.07, 6.45) is 1.39. The van der Waals surface area contributed by atoms with Gasteiger partial charge in [0.2, 0.25) is 0 Å². The van der Waals surface area contributed by atoms with Crippen LogP contribution in [0, 0.1) is 0 Å². The second-order valence-electron chi connectivity index (χ2n) is 9.07. The van der Waals surface area contributed by atoms with Crippen LogP contribution in [0.1, 0.15) is 5.56 Å². The topological polar surface area (TPSA) is 136 Å². The number of carbonyl (C=O) groups excluding carboxylic acids is 2. The lowest BCUT2D eigenvalue weighted by Crippen LogP contribution is -2.39. The van der Waals surface area contributed by atoms with Gasteiger partial charge in [-0.25, -0.2) is 13.8 Å². The fourth-order valence-electron chi connectivity index (χ4n) is 3.86. The Kier molecular flexibility index (Phi) is 10.8. The Labute approximate surface area is 260 Å². The van der Waals surface area contributed by atoms with E-state index in [4.69, 9.17) is 25.8 Å². The molecule has 4 rings (SSSR count). The second-order valence-corrected chi connectivity index (χ2v) is 11.3. The van der Waals surface area contributed by atoms with E-state index in [1.807, 2.05) is 0 Å². The summed E-state index contributed by atoms with van der Waals surface area (Å²) >= 11 is 6.24. The first-order valence-corrected chi connectivity index (χ1v) is 14.9. The maximum Gasteiger partial charge on any atom is 0.264 e. The van der Waals surface area contributed by atoms with Crippen LogP contribution in [0.25, 0.3) is 0 Å². The van der Waals surface area contributed by atoms with Crippen LogP contribution < -0.4 is 29.3 Å². The molecular formula is C31H29ClN4O7S. The van der Waals surface area contributed by atoms with Gasteiger partial charge in [0.25, 0.3) is 21.8 Å². The number of sulfonamides is 1. The van der Waals surface area contributed by atoms with Gasteiger partial charge in [-0.15, -0.1) is 0 Å². The van der Waals surface area contributed by atoms with Crippen molar-refractivity contribution in [3.8, 4) is 17.2 Å². The highest BCUT2D eigenvalue weighted by atomic mass is 35.5. The molecule has 0 bridgehead atoms. The summed E-state index contributed by atoms with van der Waals surface area (Å²) in [6, 6.07) is 25.7. The molecule has 11 nitrogen and oxygen atoms in total. The zero-order chi connectivity index (χ0) is 31.5. The van der Waals surface area contributed by atoms with Crippen LogP contribution >= 0.6 is 11.6 Å². The van der Waals surface area contributed by atoms with Gasteiger partial charge in [-0.05, 0) is 84.4 Å². The molecule has 0 saturated heterocycles. The molecule has 4 aromatic carbocycles.